The number of carbonyl (C=O) groups is 1. The number of alkyl halides is 3. The molecule has 1 amide bonds. The number of amides is 1. The van der Waals surface area contributed by atoms with Crippen molar-refractivity contribution in [3.8, 4) is 5.75 Å². The van der Waals surface area contributed by atoms with Gasteiger partial charge in [0.15, 0.2) is 5.96 Å². The summed E-state index contributed by atoms with van der Waals surface area (Å²) in [4.78, 5) is 15.3. The number of aliphatic imine (C=N–C) groups is 1. The Labute approximate surface area is 131 Å². The van der Waals surface area contributed by atoms with Gasteiger partial charge in [-0.15, -0.1) is 13.2 Å². The van der Waals surface area contributed by atoms with Gasteiger partial charge in [0.2, 0.25) is 5.91 Å². The lowest BCUT2D eigenvalue weighted by Gasteiger charge is -2.09. The smallest absolute Gasteiger partial charge is 0.406 e. The number of carbonyl (C=O) groups excluding carboxylic acids is 1. The van der Waals surface area contributed by atoms with Crippen molar-refractivity contribution in [3.63, 3.8) is 0 Å². The zero-order valence-corrected chi connectivity index (χ0v) is 12.6. The number of halogens is 3. The molecule has 1 rings (SSSR count). The molecule has 1 aromatic rings. The molecule has 0 radical (unpaired) electrons. The highest BCUT2D eigenvalue weighted by Crippen LogP contribution is 2.22. The van der Waals surface area contributed by atoms with Crippen LogP contribution in [0.1, 0.15) is 18.9 Å². The quantitative estimate of drug-likeness (QED) is 0.522. The molecule has 0 saturated heterocycles. The van der Waals surface area contributed by atoms with Crippen LogP contribution in [-0.4, -0.2) is 31.3 Å². The molecule has 6 nitrogen and oxygen atoms in total. The predicted molar refractivity (Wildman–Crippen MR) is 79.8 cm³/mol. The monoisotopic (exact) mass is 332 g/mol. The minimum absolute atomic E-state index is 0.00763. The summed E-state index contributed by atoms with van der Waals surface area (Å²) in [5, 5.41) is 5.31. The van der Waals surface area contributed by atoms with Crippen LogP contribution in [0, 0.1) is 0 Å². The molecule has 0 heterocycles. The van der Waals surface area contributed by atoms with Crippen LogP contribution in [0.4, 0.5) is 13.2 Å². The van der Waals surface area contributed by atoms with Crippen molar-refractivity contribution in [1.29, 1.82) is 0 Å². The van der Waals surface area contributed by atoms with E-state index in [0.717, 1.165) is 6.42 Å². The van der Waals surface area contributed by atoms with E-state index < -0.39 is 6.36 Å². The maximum atomic E-state index is 12.0. The number of nitrogens with one attached hydrogen (secondary N) is 2. The fourth-order valence-electron chi connectivity index (χ4n) is 1.53. The third-order valence-corrected chi connectivity index (χ3v) is 2.59. The van der Waals surface area contributed by atoms with Gasteiger partial charge in [-0.1, -0.05) is 19.1 Å². The molecule has 0 aliphatic heterocycles. The molecule has 0 atom stereocenters. The number of nitrogens with zero attached hydrogens (tertiary/aromatic N) is 1. The van der Waals surface area contributed by atoms with E-state index in [2.05, 4.69) is 20.4 Å². The largest absolute Gasteiger partial charge is 0.573 e. The molecule has 0 aromatic heterocycles. The van der Waals surface area contributed by atoms with Crippen LogP contribution in [0.2, 0.25) is 0 Å². The SMILES string of the molecule is CCCNC(=O)CNC(N)=NCc1ccc(OC(F)(F)F)cc1. The number of guanidine groups is 1. The molecule has 23 heavy (non-hydrogen) atoms. The lowest BCUT2D eigenvalue weighted by atomic mass is 10.2. The van der Waals surface area contributed by atoms with Gasteiger partial charge in [-0.3, -0.25) is 4.79 Å². The Morgan fingerprint density at radius 1 is 1.26 bits per heavy atom. The second-order valence-corrected chi connectivity index (χ2v) is 4.60. The van der Waals surface area contributed by atoms with E-state index in [4.69, 9.17) is 5.73 Å². The lowest BCUT2D eigenvalue weighted by molar-refractivity contribution is -0.274. The van der Waals surface area contributed by atoms with Gasteiger partial charge in [-0.25, -0.2) is 4.99 Å². The summed E-state index contributed by atoms with van der Waals surface area (Å²) in [6.07, 6.45) is -3.88. The molecule has 9 heteroatoms. The molecule has 0 unspecified atom stereocenters. The standard InChI is InChI=1S/C14H19F3N4O2/c1-2-7-19-12(22)9-21-13(18)20-8-10-3-5-11(6-4-10)23-14(15,16)17/h3-6H,2,7-9H2,1H3,(H,19,22)(H3,18,20,21). The molecule has 4 N–H and O–H groups in total. The van der Waals surface area contributed by atoms with Crippen molar-refractivity contribution in [1.82, 2.24) is 10.6 Å². The summed E-state index contributed by atoms with van der Waals surface area (Å²) in [6, 6.07) is 5.29. The summed E-state index contributed by atoms with van der Waals surface area (Å²) >= 11 is 0. The molecule has 128 valence electrons. The van der Waals surface area contributed by atoms with Crippen molar-refractivity contribution < 1.29 is 22.7 Å². The van der Waals surface area contributed by atoms with Crippen LogP contribution in [0.5, 0.6) is 5.75 Å². The summed E-state index contributed by atoms with van der Waals surface area (Å²) in [7, 11) is 0. The second kappa shape index (κ2) is 8.86. The molecule has 0 fully saturated rings. The average molecular weight is 332 g/mol. The first-order valence-corrected chi connectivity index (χ1v) is 6.95. The Morgan fingerprint density at radius 2 is 1.91 bits per heavy atom. The number of rotatable bonds is 7. The highest BCUT2D eigenvalue weighted by atomic mass is 19.4. The predicted octanol–water partition coefficient (Wildman–Crippen LogP) is 1.52. The molecule has 0 spiro atoms. The Hall–Kier alpha value is -2.45. The van der Waals surface area contributed by atoms with Gasteiger partial charge >= 0.3 is 6.36 Å². The number of benzene rings is 1. The average Bonchev–Trinajstić information content (AvgIpc) is 2.48. The van der Waals surface area contributed by atoms with E-state index in [1.807, 2.05) is 6.92 Å². The number of hydrogen-bond acceptors (Lipinski definition) is 3. The zero-order chi connectivity index (χ0) is 17.3. The molecule has 0 aliphatic rings. The summed E-state index contributed by atoms with van der Waals surface area (Å²) in [6.45, 7) is 2.70. The van der Waals surface area contributed by atoms with Crippen molar-refractivity contribution >= 4 is 11.9 Å². The van der Waals surface area contributed by atoms with Gasteiger partial charge in [0.25, 0.3) is 0 Å². The first kappa shape index (κ1) is 18.6. The molecule has 1 aromatic carbocycles. The maximum absolute atomic E-state index is 12.0. The van der Waals surface area contributed by atoms with Crippen LogP contribution in [-0.2, 0) is 11.3 Å². The lowest BCUT2D eigenvalue weighted by Crippen LogP contribution is -2.40. The van der Waals surface area contributed by atoms with Crippen LogP contribution < -0.4 is 21.1 Å². The zero-order valence-electron chi connectivity index (χ0n) is 12.6. The van der Waals surface area contributed by atoms with E-state index in [1.165, 1.54) is 24.3 Å². The highest BCUT2D eigenvalue weighted by molar-refractivity contribution is 5.85. The van der Waals surface area contributed by atoms with Gasteiger partial charge in [-0.05, 0) is 24.1 Å². The minimum Gasteiger partial charge on any atom is -0.406 e. The van der Waals surface area contributed by atoms with E-state index in [-0.39, 0.29) is 30.7 Å². The van der Waals surface area contributed by atoms with Crippen LogP contribution in [0.15, 0.2) is 29.3 Å². The van der Waals surface area contributed by atoms with Crippen LogP contribution in [0.25, 0.3) is 0 Å². The molecule has 0 aliphatic carbocycles. The van der Waals surface area contributed by atoms with Crippen LogP contribution in [0.3, 0.4) is 0 Å². The maximum Gasteiger partial charge on any atom is 0.573 e. The van der Waals surface area contributed by atoms with Gasteiger partial charge in [-0.2, -0.15) is 0 Å². The summed E-state index contributed by atoms with van der Waals surface area (Å²) in [5.74, 6) is -0.421. The third-order valence-electron chi connectivity index (χ3n) is 2.59. The topological polar surface area (TPSA) is 88.7 Å². The third kappa shape index (κ3) is 8.54. The van der Waals surface area contributed by atoms with E-state index >= 15 is 0 Å². The van der Waals surface area contributed by atoms with Crippen molar-refractivity contribution in [2.45, 2.75) is 26.3 Å². The number of nitrogens with two attached hydrogens (primary N) is 1. The van der Waals surface area contributed by atoms with Gasteiger partial charge in [0.1, 0.15) is 5.75 Å². The van der Waals surface area contributed by atoms with E-state index in [9.17, 15) is 18.0 Å². The minimum atomic E-state index is -4.72. The molecular weight excluding hydrogens is 313 g/mol. The van der Waals surface area contributed by atoms with Gasteiger partial charge < -0.3 is 21.1 Å². The van der Waals surface area contributed by atoms with E-state index in [0.29, 0.717) is 12.1 Å². The first-order valence-electron chi connectivity index (χ1n) is 6.95. The normalized spacial score (nSPS) is 11.9. The van der Waals surface area contributed by atoms with Crippen molar-refractivity contribution in [3.05, 3.63) is 29.8 Å². The fourth-order valence-corrected chi connectivity index (χ4v) is 1.53. The van der Waals surface area contributed by atoms with Crippen molar-refractivity contribution in [2.24, 2.45) is 10.7 Å². The molecule has 0 bridgehead atoms. The first-order chi connectivity index (χ1) is 10.8. The Balaban J connectivity index is 2.42. The Bertz CT molecular complexity index is 530. The molecule has 0 saturated carbocycles. The van der Waals surface area contributed by atoms with E-state index in [1.54, 1.807) is 0 Å². The van der Waals surface area contributed by atoms with Crippen molar-refractivity contribution in [2.75, 3.05) is 13.1 Å². The summed E-state index contributed by atoms with van der Waals surface area (Å²) < 4.78 is 39.8. The number of hydrogen-bond donors (Lipinski definition) is 3. The highest BCUT2D eigenvalue weighted by Gasteiger charge is 2.30. The Morgan fingerprint density at radius 3 is 2.48 bits per heavy atom. The second-order valence-electron chi connectivity index (χ2n) is 4.60. The van der Waals surface area contributed by atoms with Gasteiger partial charge in [0.05, 0.1) is 13.1 Å². The Kier molecular flexibility index (Phi) is 7.17. The van der Waals surface area contributed by atoms with Gasteiger partial charge in [0, 0.05) is 6.54 Å². The molecular formula is C14H19F3N4O2. The summed E-state index contributed by atoms with van der Waals surface area (Å²) in [5.41, 5.74) is 6.25. The fraction of sp³-hybridized carbons (Fsp3) is 0.429. The van der Waals surface area contributed by atoms with Crippen LogP contribution >= 0.6 is 0 Å². The number of ether oxygens (including phenoxy) is 1.